The Morgan fingerprint density at radius 2 is 2.08 bits per heavy atom. The van der Waals surface area contributed by atoms with Gasteiger partial charge >= 0.3 is 0 Å². The number of hydrogen-bond acceptors (Lipinski definition) is 3. The summed E-state index contributed by atoms with van der Waals surface area (Å²) in [6.07, 6.45) is 5.80. The fourth-order valence-corrected chi connectivity index (χ4v) is 5.72. The second-order valence-electron chi connectivity index (χ2n) is 8.39. The van der Waals surface area contributed by atoms with Crippen LogP contribution in [-0.4, -0.2) is 34.8 Å². The molecule has 1 spiro atoms. The zero-order chi connectivity index (χ0) is 17.2. The van der Waals surface area contributed by atoms with Crippen molar-refractivity contribution in [1.29, 1.82) is 0 Å². The van der Waals surface area contributed by atoms with Crippen LogP contribution in [-0.2, 0) is 4.79 Å². The SMILES string of the molecule is CC1CCCCN1C(=O)C1C2CCC3(CC(=O)c4ccccc4O3)C21. The molecule has 0 aromatic heterocycles. The molecule has 132 valence electrons. The molecule has 0 N–H and O–H groups in total. The average molecular weight is 339 g/mol. The van der Waals surface area contributed by atoms with Gasteiger partial charge in [0.25, 0.3) is 0 Å². The molecular weight excluding hydrogens is 314 g/mol. The van der Waals surface area contributed by atoms with Gasteiger partial charge in [-0.1, -0.05) is 12.1 Å². The maximum atomic E-state index is 13.1. The van der Waals surface area contributed by atoms with Gasteiger partial charge in [-0.05, 0) is 57.1 Å². The normalized spacial score (nSPS) is 38.9. The average Bonchev–Trinajstić information content (AvgIpc) is 3.26. The second-order valence-corrected chi connectivity index (χ2v) is 8.39. The van der Waals surface area contributed by atoms with Gasteiger partial charge in [-0.3, -0.25) is 9.59 Å². The first-order chi connectivity index (χ1) is 12.1. The third kappa shape index (κ3) is 2.19. The summed E-state index contributed by atoms with van der Waals surface area (Å²) in [4.78, 5) is 27.9. The molecule has 4 aliphatic rings. The van der Waals surface area contributed by atoms with Crippen molar-refractivity contribution >= 4 is 11.7 Å². The number of carbonyl (C=O) groups is 2. The summed E-state index contributed by atoms with van der Waals surface area (Å²) in [5.41, 5.74) is 0.264. The molecule has 4 nitrogen and oxygen atoms in total. The van der Waals surface area contributed by atoms with Crippen molar-refractivity contribution in [3.8, 4) is 5.75 Å². The molecule has 3 fully saturated rings. The first-order valence-corrected chi connectivity index (χ1v) is 9.72. The van der Waals surface area contributed by atoms with Crippen LogP contribution >= 0.6 is 0 Å². The third-order valence-corrected chi connectivity index (χ3v) is 7.01. The van der Waals surface area contributed by atoms with Gasteiger partial charge in [-0.2, -0.15) is 0 Å². The number of benzene rings is 1. The van der Waals surface area contributed by atoms with Crippen LogP contribution in [0.25, 0.3) is 0 Å². The number of ketones is 1. The first-order valence-electron chi connectivity index (χ1n) is 9.72. The minimum Gasteiger partial charge on any atom is -0.486 e. The molecule has 0 bridgehead atoms. The summed E-state index contributed by atoms with van der Waals surface area (Å²) >= 11 is 0. The van der Waals surface area contributed by atoms with E-state index in [1.54, 1.807) is 0 Å². The molecule has 2 aliphatic heterocycles. The van der Waals surface area contributed by atoms with E-state index in [-0.39, 0.29) is 17.6 Å². The lowest BCUT2D eigenvalue weighted by molar-refractivity contribution is -0.137. The second kappa shape index (κ2) is 5.33. The van der Waals surface area contributed by atoms with Gasteiger partial charge in [0.1, 0.15) is 11.4 Å². The van der Waals surface area contributed by atoms with Gasteiger partial charge in [0.2, 0.25) is 5.91 Å². The predicted octanol–water partition coefficient (Wildman–Crippen LogP) is 3.45. The highest BCUT2D eigenvalue weighted by Gasteiger charge is 2.71. The fourth-order valence-electron chi connectivity index (χ4n) is 5.72. The molecule has 1 aromatic carbocycles. The molecule has 1 saturated heterocycles. The first kappa shape index (κ1) is 15.4. The van der Waals surface area contributed by atoms with Gasteiger partial charge in [0, 0.05) is 24.4 Å². The summed E-state index contributed by atoms with van der Waals surface area (Å²) in [6.45, 7) is 3.06. The molecule has 2 heterocycles. The standard InChI is InChI=1S/C21H25NO3/c1-13-6-4-5-11-22(13)20(24)18-15-9-10-21(19(15)18)12-16(23)14-7-2-3-8-17(14)25-21/h2-3,7-8,13,15,18-19H,4-6,9-12H2,1H3. The Morgan fingerprint density at radius 3 is 2.92 bits per heavy atom. The number of amides is 1. The molecule has 1 amide bonds. The van der Waals surface area contributed by atoms with Crippen LogP contribution in [0.15, 0.2) is 24.3 Å². The minimum atomic E-state index is -0.435. The predicted molar refractivity (Wildman–Crippen MR) is 93.5 cm³/mol. The Hall–Kier alpha value is -1.84. The van der Waals surface area contributed by atoms with E-state index in [0.717, 1.165) is 32.2 Å². The summed E-state index contributed by atoms with van der Waals surface area (Å²) in [5, 5.41) is 0. The molecule has 2 saturated carbocycles. The molecule has 0 radical (unpaired) electrons. The Balaban J connectivity index is 1.40. The maximum Gasteiger partial charge on any atom is 0.226 e. The zero-order valence-electron chi connectivity index (χ0n) is 14.7. The van der Waals surface area contributed by atoms with E-state index in [1.807, 2.05) is 24.3 Å². The molecule has 2 aliphatic carbocycles. The summed E-state index contributed by atoms with van der Waals surface area (Å²) < 4.78 is 6.41. The van der Waals surface area contributed by atoms with Crippen molar-refractivity contribution in [3.63, 3.8) is 0 Å². The van der Waals surface area contributed by atoms with E-state index in [1.165, 1.54) is 6.42 Å². The number of hydrogen-bond donors (Lipinski definition) is 0. The Morgan fingerprint density at radius 1 is 1.24 bits per heavy atom. The van der Waals surface area contributed by atoms with Gasteiger partial charge in [-0.15, -0.1) is 0 Å². The van der Waals surface area contributed by atoms with Crippen molar-refractivity contribution in [2.45, 2.75) is 57.1 Å². The number of piperidine rings is 1. The number of fused-ring (bicyclic) bond motifs is 3. The summed E-state index contributed by atoms with van der Waals surface area (Å²) in [6, 6.07) is 7.90. The Bertz CT molecular complexity index is 744. The van der Waals surface area contributed by atoms with Gasteiger partial charge in [0.05, 0.1) is 12.0 Å². The van der Waals surface area contributed by atoms with Crippen LogP contribution in [0.5, 0.6) is 5.75 Å². The van der Waals surface area contributed by atoms with Gasteiger partial charge in [-0.25, -0.2) is 0 Å². The number of para-hydroxylation sites is 1. The quantitative estimate of drug-likeness (QED) is 0.787. The van der Waals surface area contributed by atoms with Crippen LogP contribution in [0.4, 0.5) is 0 Å². The van der Waals surface area contributed by atoms with Gasteiger partial charge in [0.15, 0.2) is 5.78 Å². The van der Waals surface area contributed by atoms with Crippen LogP contribution in [0.1, 0.15) is 55.8 Å². The maximum absolute atomic E-state index is 13.1. The van der Waals surface area contributed by atoms with Crippen LogP contribution in [0.2, 0.25) is 0 Å². The lowest BCUT2D eigenvalue weighted by Crippen LogP contribution is -2.47. The highest BCUT2D eigenvalue weighted by Crippen LogP contribution is 2.66. The van der Waals surface area contributed by atoms with E-state index in [4.69, 9.17) is 4.74 Å². The summed E-state index contributed by atoms with van der Waals surface area (Å²) in [5.74, 6) is 1.92. The van der Waals surface area contributed by atoms with Crippen LogP contribution < -0.4 is 4.74 Å². The number of ether oxygens (including phenoxy) is 1. The van der Waals surface area contributed by atoms with Crippen LogP contribution in [0.3, 0.4) is 0 Å². The van der Waals surface area contributed by atoms with Crippen molar-refractivity contribution in [2.75, 3.05) is 6.54 Å². The number of carbonyl (C=O) groups excluding carboxylic acids is 2. The highest BCUT2D eigenvalue weighted by atomic mass is 16.5. The number of rotatable bonds is 1. The van der Waals surface area contributed by atoms with Crippen LogP contribution in [0, 0.1) is 17.8 Å². The molecular formula is C21H25NO3. The fraction of sp³-hybridized carbons (Fsp3) is 0.619. The summed E-state index contributed by atoms with van der Waals surface area (Å²) in [7, 11) is 0. The topological polar surface area (TPSA) is 46.6 Å². The molecule has 5 rings (SSSR count). The number of likely N-dealkylation sites (tertiary alicyclic amines) is 1. The van der Waals surface area contributed by atoms with Gasteiger partial charge < -0.3 is 9.64 Å². The molecule has 5 atom stereocenters. The highest BCUT2D eigenvalue weighted by molar-refractivity contribution is 6.00. The largest absolute Gasteiger partial charge is 0.486 e. The van der Waals surface area contributed by atoms with Crippen molar-refractivity contribution in [3.05, 3.63) is 29.8 Å². The van der Waals surface area contributed by atoms with E-state index in [9.17, 15) is 9.59 Å². The molecule has 4 heteroatoms. The lowest BCUT2D eigenvalue weighted by Gasteiger charge is -2.38. The number of nitrogens with zero attached hydrogens (tertiary/aromatic N) is 1. The molecule has 1 aromatic rings. The Kier molecular flexibility index (Phi) is 3.28. The zero-order valence-corrected chi connectivity index (χ0v) is 14.7. The minimum absolute atomic E-state index is 0.0763. The van der Waals surface area contributed by atoms with Crippen molar-refractivity contribution < 1.29 is 14.3 Å². The van der Waals surface area contributed by atoms with Crippen molar-refractivity contribution in [2.24, 2.45) is 17.8 Å². The van der Waals surface area contributed by atoms with E-state index in [2.05, 4.69) is 11.8 Å². The van der Waals surface area contributed by atoms with Crippen molar-refractivity contribution in [1.82, 2.24) is 4.90 Å². The van der Waals surface area contributed by atoms with E-state index >= 15 is 0 Å². The Labute approximate surface area is 148 Å². The lowest BCUT2D eigenvalue weighted by atomic mass is 9.84. The third-order valence-electron chi connectivity index (χ3n) is 7.01. The molecule has 5 unspecified atom stereocenters. The smallest absolute Gasteiger partial charge is 0.226 e. The monoisotopic (exact) mass is 339 g/mol. The van der Waals surface area contributed by atoms with E-state index in [0.29, 0.717) is 35.6 Å². The molecule has 25 heavy (non-hydrogen) atoms. The number of Topliss-reactive ketones (excluding diaryl/α,β-unsaturated/α-hetero) is 1. The van der Waals surface area contributed by atoms with E-state index < -0.39 is 5.60 Å².